The lowest BCUT2D eigenvalue weighted by molar-refractivity contribution is 1.03. The van der Waals surface area contributed by atoms with Crippen LogP contribution in [0, 0.1) is 6.92 Å². The summed E-state index contributed by atoms with van der Waals surface area (Å²) in [6.45, 7) is 2.52. The van der Waals surface area contributed by atoms with E-state index in [0.29, 0.717) is 24.1 Å². The smallest absolute Gasteiger partial charge is 0.224 e. The van der Waals surface area contributed by atoms with Gasteiger partial charge in [0.05, 0.1) is 4.47 Å². The van der Waals surface area contributed by atoms with Crippen LogP contribution in [0.5, 0.6) is 0 Å². The highest BCUT2D eigenvalue weighted by Gasteiger charge is 2.07. The van der Waals surface area contributed by atoms with Gasteiger partial charge < -0.3 is 10.6 Å². The molecule has 0 radical (unpaired) electrons. The standard InChI is InChI=1S/C14H13Br2N7/c1-8-2-12(23-22-8)20-13-11(16)7-19-14(21-13)18-5-9-3-10(15)6-17-4-9/h2-4,6-7H,5H2,1H3,(H3,18,19,20,21,22,23). The van der Waals surface area contributed by atoms with Gasteiger partial charge in [-0.2, -0.15) is 10.1 Å². The number of pyridine rings is 1. The first-order chi connectivity index (χ1) is 11.1. The lowest BCUT2D eigenvalue weighted by Gasteiger charge is -2.09. The SMILES string of the molecule is Cc1cc(Nc2nc(NCc3cncc(Br)c3)ncc2Br)n[nH]1. The zero-order valence-corrected chi connectivity index (χ0v) is 15.3. The fourth-order valence-corrected chi connectivity index (χ4v) is 2.58. The van der Waals surface area contributed by atoms with Crippen molar-refractivity contribution >= 4 is 49.4 Å². The van der Waals surface area contributed by atoms with E-state index in [2.05, 4.69) is 67.6 Å². The van der Waals surface area contributed by atoms with Crippen LogP contribution in [0.2, 0.25) is 0 Å². The predicted molar refractivity (Wildman–Crippen MR) is 95.6 cm³/mol. The molecule has 0 aromatic carbocycles. The van der Waals surface area contributed by atoms with Gasteiger partial charge in [-0.25, -0.2) is 4.98 Å². The molecule has 0 aliphatic heterocycles. The second-order valence-corrected chi connectivity index (χ2v) is 6.59. The molecule has 9 heteroatoms. The number of hydrogen-bond acceptors (Lipinski definition) is 6. The van der Waals surface area contributed by atoms with Crippen molar-refractivity contribution in [1.82, 2.24) is 25.1 Å². The fraction of sp³-hybridized carbons (Fsp3) is 0.143. The molecule has 7 nitrogen and oxygen atoms in total. The lowest BCUT2D eigenvalue weighted by Crippen LogP contribution is -2.06. The van der Waals surface area contributed by atoms with Crippen molar-refractivity contribution in [2.24, 2.45) is 0 Å². The zero-order chi connectivity index (χ0) is 16.2. The molecule has 0 saturated carbocycles. The highest BCUT2D eigenvalue weighted by Crippen LogP contribution is 2.23. The van der Waals surface area contributed by atoms with Crippen molar-refractivity contribution in [3.8, 4) is 0 Å². The van der Waals surface area contributed by atoms with Crippen molar-refractivity contribution in [3.63, 3.8) is 0 Å². The number of nitrogens with one attached hydrogen (secondary N) is 3. The fourth-order valence-electron chi connectivity index (χ4n) is 1.88. The molecule has 0 atom stereocenters. The number of aromatic amines is 1. The molecule has 0 saturated heterocycles. The Hall–Kier alpha value is -2.00. The van der Waals surface area contributed by atoms with E-state index in [1.54, 1.807) is 18.6 Å². The van der Waals surface area contributed by atoms with E-state index in [1.165, 1.54) is 0 Å². The van der Waals surface area contributed by atoms with Gasteiger partial charge in [0.25, 0.3) is 0 Å². The Labute approximate surface area is 149 Å². The number of nitrogens with zero attached hydrogens (tertiary/aromatic N) is 4. The summed E-state index contributed by atoms with van der Waals surface area (Å²) in [6, 6.07) is 3.89. The average Bonchev–Trinajstić information content (AvgIpc) is 2.93. The first kappa shape index (κ1) is 15.9. The van der Waals surface area contributed by atoms with Gasteiger partial charge in [0, 0.05) is 41.4 Å². The summed E-state index contributed by atoms with van der Waals surface area (Å²) >= 11 is 6.83. The molecule has 0 aliphatic carbocycles. The van der Waals surface area contributed by atoms with Crippen molar-refractivity contribution in [2.75, 3.05) is 10.6 Å². The van der Waals surface area contributed by atoms with Gasteiger partial charge in [-0.1, -0.05) is 0 Å². The van der Waals surface area contributed by atoms with Crippen LogP contribution in [0.15, 0.2) is 39.7 Å². The van der Waals surface area contributed by atoms with E-state index in [-0.39, 0.29) is 0 Å². The number of rotatable bonds is 5. The van der Waals surface area contributed by atoms with E-state index in [0.717, 1.165) is 20.2 Å². The van der Waals surface area contributed by atoms with Crippen LogP contribution < -0.4 is 10.6 Å². The minimum Gasteiger partial charge on any atom is -0.350 e. The first-order valence-electron chi connectivity index (χ1n) is 6.75. The second kappa shape index (κ2) is 7.05. The van der Waals surface area contributed by atoms with E-state index in [9.17, 15) is 0 Å². The van der Waals surface area contributed by atoms with Crippen LogP contribution in [0.4, 0.5) is 17.6 Å². The van der Waals surface area contributed by atoms with Gasteiger partial charge in [-0.15, -0.1) is 0 Å². The van der Waals surface area contributed by atoms with Gasteiger partial charge in [0.15, 0.2) is 11.6 Å². The van der Waals surface area contributed by atoms with Crippen LogP contribution in [-0.4, -0.2) is 25.1 Å². The molecule has 23 heavy (non-hydrogen) atoms. The maximum absolute atomic E-state index is 4.45. The molecule has 3 aromatic rings. The summed E-state index contributed by atoms with van der Waals surface area (Å²) in [4.78, 5) is 12.8. The van der Waals surface area contributed by atoms with Crippen molar-refractivity contribution in [2.45, 2.75) is 13.5 Å². The molecule has 3 heterocycles. The quantitative estimate of drug-likeness (QED) is 0.561. The molecule has 0 bridgehead atoms. The Kier molecular flexibility index (Phi) is 4.87. The minimum absolute atomic E-state index is 0.517. The number of anilines is 3. The number of aryl methyl sites for hydroxylation is 1. The summed E-state index contributed by atoms with van der Waals surface area (Å²) in [5.74, 6) is 1.85. The van der Waals surface area contributed by atoms with Gasteiger partial charge in [-0.3, -0.25) is 10.1 Å². The Morgan fingerprint density at radius 1 is 1.17 bits per heavy atom. The van der Waals surface area contributed by atoms with Crippen LogP contribution >= 0.6 is 31.9 Å². The molecule has 0 unspecified atom stereocenters. The van der Waals surface area contributed by atoms with Crippen molar-refractivity contribution in [3.05, 3.63) is 50.9 Å². The van der Waals surface area contributed by atoms with Gasteiger partial charge in [-0.05, 0) is 50.4 Å². The Balaban J connectivity index is 1.72. The normalized spacial score (nSPS) is 10.6. The van der Waals surface area contributed by atoms with E-state index in [1.807, 2.05) is 19.1 Å². The molecular formula is C14H13Br2N7. The van der Waals surface area contributed by atoms with Crippen LogP contribution in [0.25, 0.3) is 0 Å². The summed E-state index contributed by atoms with van der Waals surface area (Å²) < 4.78 is 1.69. The number of hydrogen-bond donors (Lipinski definition) is 3. The van der Waals surface area contributed by atoms with Crippen molar-refractivity contribution < 1.29 is 0 Å². The minimum atomic E-state index is 0.517. The van der Waals surface area contributed by atoms with E-state index < -0.39 is 0 Å². The topological polar surface area (TPSA) is 91.4 Å². The number of H-pyrrole nitrogens is 1. The zero-order valence-electron chi connectivity index (χ0n) is 12.1. The third kappa shape index (κ3) is 4.26. The third-order valence-corrected chi connectivity index (χ3v) is 3.92. The molecule has 3 aromatic heterocycles. The predicted octanol–water partition coefficient (Wildman–Crippen LogP) is 3.78. The Morgan fingerprint density at radius 3 is 2.78 bits per heavy atom. The van der Waals surface area contributed by atoms with Crippen LogP contribution in [-0.2, 0) is 6.54 Å². The molecule has 0 amide bonds. The summed E-state index contributed by atoms with van der Waals surface area (Å²) in [7, 11) is 0. The van der Waals surface area contributed by atoms with Gasteiger partial charge in [0.1, 0.15) is 0 Å². The molecule has 0 aliphatic rings. The lowest BCUT2D eigenvalue weighted by atomic mass is 10.3. The Bertz CT molecular complexity index is 818. The largest absolute Gasteiger partial charge is 0.350 e. The molecular weight excluding hydrogens is 426 g/mol. The van der Waals surface area contributed by atoms with Crippen LogP contribution in [0.3, 0.4) is 0 Å². The highest BCUT2D eigenvalue weighted by molar-refractivity contribution is 9.10. The third-order valence-electron chi connectivity index (χ3n) is 2.91. The summed E-state index contributed by atoms with van der Waals surface area (Å²) in [5.41, 5.74) is 2.00. The summed E-state index contributed by atoms with van der Waals surface area (Å²) in [5, 5.41) is 13.3. The van der Waals surface area contributed by atoms with E-state index >= 15 is 0 Å². The van der Waals surface area contributed by atoms with Crippen LogP contribution in [0.1, 0.15) is 11.3 Å². The summed E-state index contributed by atoms with van der Waals surface area (Å²) in [6.07, 6.45) is 5.23. The number of aromatic nitrogens is 5. The molecule has 0 fully saturated rings. The monoisotopic (exact) mass is 437 g/mol. The van der Waals surface area contributed by atoms with Gasteiger partial charge >= 0.3 is 0 Å². The average molecular weight is 439 g/mol. The number of halogens is 2. The Morgan fingerprint density at radius 2 is 2.04 bits per heavy atom. The van der Waals surface area contributed by atoms with Gasteiger partial charge in [0.2, 0.25) is 5.95 Å². The highest BCUT2D eigenvalue weighted by atomic mass is 79.9. The maximum Gasteiger partial charge on any atom is 0.224 e. The first-order valence-corrected chi connectivity index (χ1v) is 8.33. The van der Waals surface area contributed by atoms with Crippen molar-refractivity contribution in [1.29, 1.82) is 0 Å². The van der Waals surface area contributed by atoms with E-state index in [4.69, 9.17) is 0 Å². The second-order valence-electron chi connectivity index (χ2n) is 4.82. The molecule has 3 rings (SSSR count). The molecule has 0 spiro atoms. The molecule has 3 N–H and O–H groups in total. The molecule has 118 valence electrons. The maximum atomic E-state index is 4.45.